The van der Waals surface area contributed by atoms with Gasteiger partial charge in [-0.15, -0.1) is 0 Å². The highest BCUT2D eigenvalue weighted by atomic mass is 16.3. The van der Waals surface area contributed by atoms with E-state index in [1.807, 2.05) is 0 Å². The molecule has 0 bridgehead atoms. The molecule has 0 aromatic carbocycles. The van der Waals surface area contributed by atoms with Crippen LogP contribution in [0.15, 0.2) is 0 Å². The molecule has 0 saturated heterocycles. The highest BCUT2D eigenvalue weighted by Gasteiger charge is 2.17. The van der Waals surface area contributed by atoms with E-state index in [2.05, 4.69) is 6.92 Å². The normalized spacial score (nSPS) is 13.7. The molecule has 0 radical (unpaired) electrons. The van der Waals surface area contributed by atoms with E-state index in [0.29, 0.717) is 6.42 Å². The lowest BCUT2D eigenvalue weighted by molar-refractivity contribution is 0.0150. The van der Waals surface area contributed by atoms with Gasteiger partial charge in [0.2, 0.25) is 0 Å². The largest absolute Gasteiger partial charge is 0.393 e. The third-order valence-corrected chi connectivity index (χ3v) is 3.63. The Morgan fingerprint density at radius 3 is 1.63 bits per heavy atom. The number of rotatable bonds is 13. The van der Waals surface area contributed by atoms with E-state index in [1.54, 1.807) is 13.8 Å². The maximum Gasteiger partial charge on any atom is 0.0616 e. The van der Waals surface area contributed by atoms with Gasteiger partial charge in [0.05, 0.1) is 11.7 Å². The van der Waals surface area contributed by atoms with Crippen molar-refractivity contribution in [1.29, 1.82) is 0 Å². The van der Waals surface area contributed by atoms with Gasteiger partial charge < -0.3 is 10.2 Å². The van der Waals surface area contributed by atoms with Crippen molar-refractivity contribution >= 4 is 0 Å². The fourth-order valence-electron chi connectivity index (χ4n) is 2.55. The van der Waals surface area contributed by atoms with Gasteiger partial charge in [-0.3, -0.25) is 0 Å². The van der Waals surface area contributed by atoms with Gasteiger partial charge in [-0.05, 0) is 20.3 Å². The van der Waals surface area contributed by atoms with Crippen LogP contribution in [0.4, 0.5) is 0 Å². The van der Waals surface area contributed by atoms with Gasteiger partial charge in [-0.25, -0.2) is 0 Å². The first-order chi connectivity index (χ1) is 8.95. The number of aliphatic hydroxyl groups excluding tert-OH is 1. The molecule has 0 aromatic heterocycles. The standard InChI is InChI=1S/C17H36O2/c1-4-5-6-7-8-9-10-11-12-13-14-16(18)15-17(2,3)19/h16,18-19H,4-15H2,1-3H3. The second-order valence-corrected chi connectivity index (χ2v) is 6.64. The summed E-state index contributed by atoms with van der Waals surface area (Å²) in [6.07, 6.45) is 14.2. The summed E-state index contributed by atoms with van der Waals surface area (Å²) in [5.41, 5.74) is -0.738. The highest BCUT2D eigenvalue weighted by molar-refractivity contribution is 4.70. The van der Waals surface area contributed by atoms with Crippen LogP contribution in [0.2, 0.25) is 0 Å². The fraction of sp³-hybridized carbons (Fsp3) is 1.00. The lowest BCUT2D eigenvalue weighted by Gasteiger charge is -2.21. The molecular formula is C17H36O2. The third-order valence-electron chi connectivity index (χ3n) is 3.63. The van der Waals surface area contributed by atoms with Gasteiger partial charge in [-0.1, -0.05) is 71.1 Å². The lowest BCUT2D eigenvalue weighted by Crippen LogP contribution is -2.26. The molecule has 0 aliphatic carbocycles. The average Bonchev–Trinajstić information content (AvgIpc) is 2.29. The molecule has 2 N–H and O–H groups in total. The van der Waals surface area contributed by atoms with Crippen molar-refractivity contribution < 1.29 is 10.2 Å². The smallest absolute Gasteiger partial charge is 0.0616 e. The summed E-state index contributed by atoms with van der Waals surface area (Å²) < 4.78 is 0. The molecule has 0 aliphatic rings. The number of aliphatic hydroxyl groups is 2. The fourth-order valence-corrected chi connectivity index (χ4v) is 2.55. The Morgan fingerprint density at radius 2 is 1.21 bits per heavy atom. The van der Waals surface area contributed by atoms with Gasteiger partial charge in [0.15, 0.2) is 0 Å². The molecule has 116 valence electrons. The molecule has 1 unspecified atom stereocenters. The Bertz CT molecular complexity index is 184. The molecule has 2 heteroatoms. The first kappa shape index (κ1) is 18.9. The summed E-state index contributed by atoms with van der Waals surface area (Å²) in [7, 11) is 0. The first-order valence-electron chi connectivity index (χ1n) is 8.36. The van der Waals surface area contributed by atoms with Gasteiger partial charge in [0, 0.05) is 6.42 Å². The summed E-state index contributed by atoms with van der Waals surface area (Å²) in [4.78, 5) is 0. The Balaban J connectivity index is 3.18. The maximum absolute atomic E-state index is 9.75. The molecular weight excluding hydrogens is 236 g/mol. The van der Waals surface area contributed by atoms with E-state index >= 15 is 0 Å². The SMILES string of the molecule is CCCCCCCCCCCCC(O)CC(C)(C)O. The zero-order valence-electron chi connectivity index (χ0n) is 13.5. The molecule has 0 aromatic rings. The summed E-state index contributed by atoms with van der Waals surface area (Å²) in [5, 5.41) is 19.3. The maximum atomic E-state index is 9.75. The zero-order chi connectivity index (χ0) is 14.6. The highest BCUT2D eigenvalue weighted by Crippen LogP contribution is 2.16. The molecule has 0 spiro atoms. The minimum Gasteiger partial charge on any atom is -0.393 e. The molecule has 0 heterocycles. The van der Waals surface area contributed by atoms with Crippen LogP contribution >= 0.6 is 0 Å². The van der Waals surface area contributed by atoms with E-state index in [1.165, 1.54) is 57.8 Å². The van der Waals surface area contributed by atoms with E-state index < -0.39 is 5.60 Å². The van der Waals surface area contributed by atoms with Crippen LogP contribution in [0.3, 0.4) is 0 Å². The average molecular weight is 272 g/mol. The van der Waals surface area contributed by atoms with Crippen molar-refractivity contribution in [3.8, 4) is 0 Å². The summed E-state index contributed by atoms with van der Waals surface area (Å²) in [6.45, 7) is 5.77. The first-order valence-corrected chi connectivity index (χ1v) is 8.36. The van der Waals surface area contributed by atoms with E-state index in [4.69, 9.17) is 0 Å². The van der Waals surface area contributed by atoms with Crippen LogP contribution in [-0.4, -0.2) is 21.9 Å². The zero-order valence-corrected chi connectivity index (χ0v) is 13.5. The quantitative estimate of drug-likeness (QED) is 0.472. The van der Waals surface area contributed by atoms with Gasteiger partial charge in [0.25, 0.3) is 0 Å². The van der Waals surface area contributed by atoms with Crippen molar-refractivity contribution in [3.05, 3.63) is 0 Å². The van der Waals surface area contributed by atoms with Crippen LogP contribution < -0.4 is 0 Å². The van der Waals surface area contributed by atoms with Crippen molar-refractivity contribution in [2.24, 2.45) is 0 Å². The minimum atomic E-state index is -0.738. The number of hydrogen-bond donors (Lipinski definition) is 2. The summed E-state index contributed by atoms with van der Waals surface area (Å²) >= 11 is 0. The Hall–Kier alpha value is -0.0800. The van der Waals surface area contributed by atoms with Gasteiger partial charge in [-0.2, -0.15) is 0 Å². The third kappa shape index (κ3) is 15.9. The van der Waals surface area contributed by atoms with Crippen LogP contribution in [0.25, 0.3) is 0 Å². The van der Waals surface area contributed by atoms with Crippen molar-refractivity contribution in [1.82, 2.24) is 0 Å². The van der Waals surface area contributed by atoms with Crippen molar-refractivity contribution in [3.63, 3.8) is 0 Å². The monoisotopic (exact) mass is 272 g/mol. The van der Waals surface area contributed by atoms with Gasteiger partial charge >= 0.3 is 0 Å². The Kier molecular flexibility index (Phi) is 11.7. The predicted octanol–water partition coefficient (Wildman–Crippen LogP) is 4.82. The van der Waals surface area contributed by atoms with Crippen molar-refractivity contribution in [2.75, 3.05) is 0 Å². The van der Waals surface area contributed by atoms with Gasteiger partial charge in [0.1, 0.15) is 0 Å². The van der Waals surface area contributed by atoms with E-state index in [9.17, 15) is 10.2 Å². The van der Waals surface area contributed by atoms with Crippen molar-refractivity contribution in [2.45, 2.75) is 110 Å². The van der Waals surface area contributed by atoms with E-state index in [-0.39, 0.29) is 6.10 Å². The Morgan fingerprint density at radius 1 is 0.789 bits per heavy atom. The number of unbranched alkanes of at least 4 members (excludes halogenated alkanes) is 9. The molecule has 2 nitrogen and oxygen atoms in total. The van der Waals surface area contributed by atoms with Crippen LogP contribution in [0, 0.1) is 0 Å². The number of hydrogen-bond acceptors (Lipinski definition) is 2. The van der Waals surface area contributed by atoms with E-state index in [0.717, 1.165) is 12.8 Å². The predicted molar refractivity (Wildman–Crippen MR) is 83.4 cm³/mol. The second kappa shape index (κ2) is 11.7. The molecule has 0 amide bonds. The Labute approximate surface area is 120 Å². The molecule has 19 heavy (non-hydrogen) atoms. The molecule has 0 rings (SSSR count). The molecule has 1 atom stereocenters. The van der Waals surface area contributed by atoms with Crippen LogP contribution in [-0.2, 0) is 0 Å². The molecule has 0 aliphatic heterocycles. The molecule has 0 fully saturated rings. The summed E-state index contributed by atoms with van der Waals surface area (Å²) in [6, 6.07) is 0. The lowest BCUT2D eigenvalue weighted by atomic mass is 9.97. The second-order valence-electron chi connectivity index (χ2n) is 6.64. The minimum absolute atomic E-state index is 0.339. The summed E-state index contributed by atoms with van der Waals surface area (Å²) in [5.74, 6) is 0. The topological polar surface area (TPSA) is 40.5 Å². The molecule has 0 saturated carbocycles. The van der Waals surface area contributed by atoms with Crippen LogP contribution in [0.5, 0.6) is 0 Å². The van der Waals surface area contributed by atoms with Crippen LogP contribution in [0.1, 0.15) is 97.8 Å².